The van der Waals surface area contributed by atoms with Gasteiger partial charge in [-0.15, -0.1) is 0 Å². The van der Waals surface area contributed by atoms with Crippen LogP contribution in [0.5, 0.6) is 5.75 Å². The number of benzene rings is 2. The summed E-state index contributed by atoms with van der Waals surface area (Å²) >= 11 is 0. The predicted molar refractivity (Wildman–Crippen MR) is 86.2 cm³/mol. The maximum atomic E-state index is 5.71. The quantitative estimate of drug-likeness (QED) is 0.917. The van der Waals surface area contributed by atoms with E-state index in [1.54, 1.807) is 7.11 Å². The molecule has 4 nitrogen and oxygen atoms in total. The van der Waals surface area contributed by atoms with Gasteiger partial charge in [-0.1, -0.05) is 29.8 Å². The molecule has 1 N–H and O–H groups in total. The molecule has 1 atom stereocenters. The summed E-state index contributed by atoms with van der Waals surface area (Å²) in [4.78, 5) is 0. The third kappa shape index (κ3) is 3.40. The van der Waals surface area contributed by atoms with E-state index in [0.29, 0.717) is 13.2 Å². The summed E-state index contributed by atoms with van der Waals surface area (Å²) < 4.78 is 16.6. The summed E-state index contributed by atoms with van der Waals surface area (Å²) in [6.45, 7) is 3.35. The van der Waals surface area contributed by atoms with Crippen LogP contribution in [0.25, 0.3) is 0 Å². The Hall–Kier alpha value is -2.04. The number of methoxy groups -OCH3 is 1. The highest BCUT2D eigenvalue weighted by Crippen LogP contribution is 2.28. The Kier molecular flexibility index (Phi) is 4.61. The molecular formula is C18H21NO3. The smallest absolute Gasteiger partial charge is 0.182 e. The zero-order valence-electron chi connectivity index (χ0n) is 12.9. The van der Waals surface area contributed by atoms with Crippen LogP contribution in [0.2, 0.25) is 0 Å². The second kappa shape index (κ2) is 6.81. The third-order valence-electron chi connectivity index (χ3n) is 3.77. The normalized spacial score (nSPS) is 16.5. The molecule has 1 aliphatic rings. The van der Waals surface area contributed by atoms with Crippen LogP contribution < -0.4 is 10.1 Å². The van der Waals surface area contributed by atoms with Gasteiger partial charge in [-0.05, 0) is 36.8 Å². The van der Waals surface area contributed by atoms with E-state index in [-0.39, 0.29) is 12.3 Å². The van der Waals surface area contributed by atoms with Crippen molar-refractivity contribution >= 4 is 5.69 Å². The minimum atomic E-state index is -0.273. The minimum Gasteiger partial charge on any atom is -0.497 e. The van der Waals surface area contributed by atoms with Gasteiger partial charge < -0.3 is 19.5 Å². The molecule has 0 radical (unpaired) electrons. The fraction of sp³-hybridized carbons (Fsp3) is 0.333. The van der Waals surface area contributed by atoms with Gasteiger partial charge in [-0.3, -0.25) is 0 Å². The van der Waals surface area contributed by atoms with Crippen molar-refractivity contribution in [1.82, 2.24) is 0 Å². The maximum Gasteiger partial charge on any atom is 0.182 e. The molecule has 1 unspecified atom stereocenters. The lowest BCUT2D eigenvalue weighted by Crippen LogP contribution is -2.26. The van der Waals surface area contributed by atoms with E-state index in [2.05, 4.69) is 36.5 Å². The van der Waals surface area contributed by atoms with Gasteiger partial charge in [0.25, 0.3) is 0 Å². The molecule has 2 aromatic rings. The van der Waals surface area contributed by atoms with Crippen LogP contribution in [0.3, 0.4) is 0 Å². The molecule has 1 heterocycles. The van der Waals surface area contributed by atoms with Crippen LogP contribution in [0, 0.1) is 6.92 Å². The van der Waals surface area contributed by atoms with Crippen molar-refractivity contribution in [2.45, 2.75) is 19.3 Å². The number of ether oxygens (including phenoxy) is 3. The Labute approximate surface area is 131 Å². The molecule has 1 aliphatic heterocycles. The summed E-state index contributed by atoms with van der Waals surface area (Å²) in [5.74, 6) is 0.839. The Morgan fingerprint density at radius 3 is 2.23 bits per heavy atom. The average Bonchev–Trinajstić information content (AvgIpc) is 3.08. The minimum absolute atomic E-state index is 0.0449. The lowest BCUT2D eigenvalue weighted by atomic mass is 10.0. The summed E-state index contributed by atoms with van der Waals surface area (Å²) in [7, 11) is 1.66. The highest BCUT2D eigenvalue weighted by molar-refractivity contribution is 5.48. The largest absolute Gasteiger partial charge is 0.497 e. The van der Waals surface area contributed by atoms with E-state index in [4.69, 9.17) is 14.2 Å². The van der Waals surface area contributed by atoms with Crippen molar-refractivity contribution in [2.24, 2.45) is 0 Å². The van der Waals surface area contributed by atoms with Crippen molar-refractivity contribution in [3.63, 3.8) is 0 Å². The molecule has 0 bridgehead atoms. The highest BCUT2D eigenvalue weighted by atomic mass is 16.7. The highest BCUT2D eigenvalue weighted by Gasteiger charge is 2.28. The van der Waals surface area contributed by atoms with Crippen LogP contribution in [0.15, 0.2) is 48.5 Å². The topological polar surface area (TPSA) is 39.7 Å². The molecule has 4 heteroatoms. The first-order valence-electron chi connectivity index (χ1n) is 7.46. The summed E-state index contributed by atoms with van der Waals surface area (Å²) in [6, 6.07) is 16.2. The maximum absolute atomic E-state index is 5.71. The zero-order valence-corrected chi connectivity index (χ0v) is 12.9. The number of aryl methyl sites for hydroxylation is 1. The van der Waals surface area contributed by atoms with Gasteiger partial charge in [0.2, 0.25) is 0 Å². The zero-order chi connectivity index (χ0) is 15.4. The van der Waals surface area contributed by atoms with E-state index < -0.39 is 0 Å². The first kappa shape index (κ1) is 14.9. The van der Waals surface area contributed by atoms with Crippen molar-refractivity contribution in [1.29, 1.82) is 0 Å². The lowest BCUT2D eigenvalue weighted by Gasteiger charge is -2.25. The molecule has 0 spiro atoms. The Morgan fingerprint density at radius 2 is 1.64 bits per heavy atom. The Morgan fingerprint density at radius 1 is 1.00 bits per heavy atom. The fourth-order valence-electron chi connectivity index (χ4n) is 2.52. The van der Waals surface area contributed by atoms with Crippen LogP contribution in [-0.4, -0.2) is 26.6 Å². The van der Waals surface area contributed by atoms with Gasteiger partial charge in [0.1, 0.15) is 11.8 Å². The van der Waals surface area contributed by atoms with Crippen molar-refractivity contribution in [3.8, 4) is 5.75 Å². The van der Waals surface area contributed by atoms with Gasteiger partial charge in [0.05, 0.1) is 20.3 Å². The molecule has 2 aromatic carbocycles. The van der Waals surface area contributed by atoms with Crippen LogP contribution in [-0.2, 0) is 9.47 Å². The molecular weight excluding hydrogens is 278 g/mol. The lowest BCUT2D eigenvalue weighted by molar-refractivity contribution is -0.0549. The average molecular weight is 299 g/mol. The third-order valence-corrected chi connectivity index (χ3v) is 3.77. The monoisotopic (exact) mass is 299 g/mol. The van der Waals surface area contributed by atoms with E-state index in [1.165, 1.54) is 5.56 Å². The van der Waals surface area contributed by atoms with Gasteiger partial charge in [0.15, 0.2) is 6.29 Å². The number of anilines is 1. The molecule has 22 heavy (non-hydrogen) atoms. The molecule has 0 aromatic heterocycles. The second-order valence-electron chi connectivity index (χ2n) is 5.37. The number of rotatable bonds is 5. The number of hydrogen-bond donors (Lipinski definition) is 1. The second-order valence-corrected chi connectivity index (χ2v) is 5.37. The van der Waals surface area contributed by atoms with E-state index in [9.17, 15) is 0 Å². The number of hydrogen-bond acceptors (Lipinski definition) is 4. The summed E-state index contributed by atoms with van der Waals surface area (Å²) in [6.07, 6.45) is -0.273. The first-order chi connectivity index (χ1) is 10.8. The standard InChI is InChI=1S/C18H21NO3/c1-13-3-5-14(6-4-13)17(18-21-11-12-22-18)19-15-7-9-16(20-2)10-8-15/h3-10,17-19H,11-12H2,1-2H3. The van der Waals surface area contributed by atoms with Crippen LogP contribution in [0.1, 0.15) is 17.2 Å². The van der Waals surface area contributed by atoms with Crippen molar-refractivity contribution < 1.29 is 14.2 Å². The SMILES string of the molecule is COc1ccc(NC(c2ccc(C)cc2)C2OCCO2)cc1. The Balaban J connectivity index is 1.82. The Bertz CT molecular complexity index is 589. The molecule has 1 saturated heterocycles. The molecule has 3 rings (SSSR count). The fourth-order valence-corrected chi connectivity index (χ4v) is 2.52. The van der Waals surface area contributed by atoms with E-state index >= 15 is 0 Å². The van der Waals surface area contributed by atoms with Gasteiger partial charge >= 0.3 is 0 Å². The summed E-state index contributed by atoms with van der Waals surface area (Å²) in [5.41, 5.74) is 3.39. The van der Waals surface area contributed by atoms with E-state index in [0.717, 1.165) is 17.0 Å². The van der Waals surface area contributed by atoms with E-state index in [1.807, 2.05) is 24.3 Å². The van der Waals surface area contributed by atoms with Gasteiger partial charge in [-0.2, -0.15) is 0 Å². The first-order valence-corrected chi connectivity index (χ1v) is 7.46. The van der Waals surface area contributed by atoms with Crippen LogP contribution in [0.4, 0.5) is 5.69 Å². The van der Waals surface area contributed by atoms with Crippen molar-refractivity contribution in [2.75, 3.05) is 25.6 Å². The van der Waals surface area contributed by atoms with Gasteiger partial charge in [-0.25, -0.2) is 0 Å². The molecule has 0 saturated carbocycles. The van der Waals surface area contributed by atoms with Crippen LogP contribution >= 0.6 is 0 Å². The molecule has 1 fully saturated rings. The molecule has 0 amide bonds. The van der Waals surface area contributed by atoms with Crippen molar-refractivity contribution in [3.05, 3.63) is 59.7 Å². The van der Waals surface area contributed by atoms with Gasteiger partial charge in [0, 0.05) is 5.69 Å². The predicted octanol–water partition coefficient (Wildman–Crippen LogP) is 3.53. The molecule has 116 valence electrons. The number of nitrogens with one attached hydrogen (secondary N) is 1. The molecule has 0 aliphatic carbocycles. The summed E-state index contributed by atoms with van der Waals surface area (Å²) in [5, 5.41) is 3.50.